The van der Waals surface area contributed by atoms with Gasteiger partial charge in [-0.3, -0.25) is 0 Å². The van der Waals surface area contributed by atoms with Gasteiger partial charge in [0.15, 0.2) is 19.1 Å². The minimum atomic E-state index is -5.64. The Kier molecular flexibility index (Phi) is 11.0. The number of fused-ring (bicyclic) bond motifs is 10. The molecule has 0 saturated heterocycles. The molecule has 448 valence electrons. The maximum Gasteiger partial charge on any atom is 0.253 e. The third-order valence-electron chi connectivity index (χ3n) is 17.5. The van der Waals surface area contributed by atoms with Gasteiger partial charge in [0.05, 0.1) is 20.6 Å². The molecule has 11 aromatic carbocycles. The van der Waals surface area contributed by atoms with Crippen LogP contribution in [0.15, 0.2) is 267 Å². The van der Waals surface area contributed by atoms with Gasteiger partial charge in [-0.15, -0.1) is 29.7 Å². The van der Waals surface area contributed by atoms with E-state index in [1.54, 1.807) is 18.2 Å². The maximum atomic E-state index is 9.98. The third kappa shape index (κ3) is 10.2. The zero-order valence-corrected chi connectivity index (χ0v) is 55.0. The summed E-state index contributed by atoms with van der Waals surface area (Å²) in [4.78, 5) is 4.90. The summed E-state index contributed by atoms with van der Waals surface area (Å²) in [5.74, 6) is 1.59. The minimum Gasteiger partial charge on any atom is -0.509 e. The number of ether oxygens (including phenoxy) is 1. The number of nitrogens with zero attached hydrogens (tertiary/aromatic N) is 4. The molecule has 0 saturated carbocycles. The van der Waals surface area contributed by atoms with Gasteiger partial charge >= 0.3 is 0 Å². The number of para-hydroxylation sites is 3. The smallest absolute Gasteiger partial charge is 0.253 e. The first-order valence-corrected chi connectivity index (χ1v) is 32.2. The molecule has 3 aromatic heterocycles. The number of imidazole rings is 1. The van der Waals surface area contributed by atoms with Crippen LogP contribution in [0.1, 0.15) is 99.6 Å². The van der Waals surface area contributed by atoms with E-state index in [0.29, 0.717) is 45.1 Å². The standard InChI is InChI=1S/C84H71N4OSi.Pt/c1-82(2,3)57-46-47-85-79(51-57)88-76-40-22-21-36-71(76)72-44-42-62(53-78(72)88)89-61-27-23-26-60(52-61)86-55-87-80-67(56-48-58(83(4,5)6)50-59(49-56)84(7,8)9)37-24-38-74(80)75-54-66(43-45-70(75)68-34-19-20-35-69(68)73-39-25-41-77(86)81(73)87)90(63-28-13-10-14-29-63,64-30-15-11-16-31-64)65-32-17-12-18-33-65;/h10-51,54-55H,1-9H3;/q-1;/i10D,11D,12D,13D,14D,15D,16D,17D,18D,28D,29D,30D,31D,32D,33D;. The first kappa shape index (κ1) is 44.1. The number of rotatable bonds is 9. The zero-order valence-electron chi connectivity index (χ0n) is 66.8. The Morgan fingerprint density at radius 1 is 0.451 bits per heavy atom. The molecule has 0 amide bonds. The maximum absolute atomic E-state index is 9.98. The molecule has 5 nitrogen and oxygen atoms in total. The number of aromatic nitrogens is 4. The normalized spacial score (nSPS) is 14.7. The van der Waals surface area contributed by atoms with Gasteiger partial charge in [-0.05, 0) is 117 Å². The van der Waals surface area contributed by atoms with Crippen LogP contribution in [-0.4, -0.2) is 22.2 Å². The molecule has 1 aliphatic heterocycles. The summed E-state index contributed by atoms with van der Waals surface area (Å²) in [5.41, 5.74) is 12.5. The number of pyridine rings is 1. The fraction of sp³-hybridized carbons (Fsp3) is 0.143. The Balaban J connectivity index is 0.00000944. The van der Waals surface area contributed by atoms with E-state index in [0.717, 1.165) is 77.6 Å². The molecule has 0 atom stereocenters. The monoisotopic (exact) mass is 1390 g/mol. The summed E-state index contributed by atoms with van der Waals surface area (Å²) in [7, 11) is -5.64. The predicted octanol–water partition coefficient (Wildman–Crippen LogP) is 18.0. The fourth-order valence-electron chi connectivity index (χ4n) is 12.9. The van der Waals surface area contributed by atoms with Crippen LogP contribution in [0.25, 0.3) is 94.5 Å². The van der Waals surface area contributed by atoms with Crippen molar-refractivity contribution in [1.82, 2.24) is 14.1 Å². The molecule has 0 bridgehead atoms. The summed E-state index contributed by atoms with van der Waals surface area (Å²) in [6, 6.07) is 48.4. The molecule has 91 heavy (non-hydrogen) atoms. The van der Waals surface area contributed by atoms with Crippen LogP contribution < -0.4 is 30.1 Å². The first-order chi connectivity index (χ1) is 49.7. The van der Waals surface area contributed by atoms with Gasteiger partial charge in [0.1, 0.15) is 11.5 Å². The molecule has 0 radical (unpaired) electrons. The van der Waals surface area contributed by atoms with Crippen molar-refractivity contribution in [3.8, 4) is 73.2 Å². The van der Waals surface area contributed by atoms with Gasteiger partial charge in [-0.25, -0.2) is 9.55 Å². The van der Waals surface area contributed by atoms with Gasteiger partial charge in [-0.2, -0.15) is 16.7 Å². The van der Waals surface area contributed by atoms with E-state index >= 15 is 0 Å². The molecule has 1 aliphatic rings. The third-order valence-corrected chi connectivity index (χ3v) is 21.7. The van der Waals surface area contributed by atoms with E-state index in [4.69, 9.17) is 13.8 Å². The Morgan fingerprint density at radius 2 is 1.00 bits per heavy atom. The summed E-state index contributed by atoms with van der Waals surface area (Å²) in [6.45, 7) is 19.6. The average Bonchev–Trinajstić information content (AvgIpc) is 0.924. The van der Waals surface area contributed by atoms with Crippen molar-refractivity contribution in [1.29, 1.82) is 0 Å². The average molecular weight is 1390 g/mol. The summed E-state index contributed by atoms with van der Waals surface area (Å²) in [5, 5.41) is 0.248. The zero-order chi connectivity index (χ0) is 74.7. The summed E-state index contributed by atoms with van der Waals surface area (Å²) in [6.07, 6.45) is 3.86. The molecule has 0 fully saturated rings. The van der Waals surface area contributed by atoms with Crippen molar-refractivity contribution in [2.75, 3.05) is 0 Å². The van der Waals surface area contributed by atoms with Crippen LogP contribution in [0.2, 0.25) is 0 Å². The molecule has 0 aliphatic carbocycles. The van der Waals surface area contributed by atoms with Crippen LogP contribution in [-0.2, 0) is 37.3 Å². The number of hydrogen-bond donors (Lipinski definition) is 0. The Bertz CT molecular complexity index is 5780. The van der Waals surface area contributed by atoms with Crippen LogP contribution in [0.4, 0.5) is 0 Å². The second-order valence-corrected chi connectivity index (χ2v) is 29.8. The van der Waals surface area contributed by atoms with Crippen LogP contribution >= 0.6 is 0 Å². The van der Waals surface area contributed by atoms with E-state index in [9.17, 15) is 16.4 Å². The van der Waals surface area contributed by atoms with Crippen LogP contribution in [0.3, 0.4) is 0 Å². The Labute approximate surface area is 571 Å². The number of hydrogen-bond acceptors (Lipinski definition) is 2. The SMILES string of the molecule is [2H]c1c([2H])c([2H])c([Si](c2ccc3c(c2)-c2cccc(-c4cc(C(C)(C)C)cc(C(C)(C)C)c4)c2-[n+]2cn(-c4[c-]c(Oc5[c-]c6c(cc5)c5ccccc5n6-c5cc(C(C)(C)C)ccn5)ccc4)c4cccc(c42)-c2ccccc2-3)(c2c([2H])c([2H])c([2H])c([2H])c2[2H])c2c([2H])c([2H])c([2H])c([2H])c2[2H])c([2H])c1[2H].[Pt]. The summed E-state index contributed by atoms with van der Waals surface area (Å²) < 4.78 is 156. The second-order valence-electron chi connectivity index (χ2n) is 26.2. The molecule has 14 aromatic rings. The molecule has 0 spiro atoms. The van der Waals surface area contributed by atoms with Crippen molar-refractivity contribution >= 4 is 61.7 Å². The largest absolute Gasteiger partial charge is 0.509 e. The molecular weight excluding hydrogens is 1300 g/mol. The molecule has 7 heteroatoms. The Hall–Kier alpha value is -9.45. The van der Waals surface area contributed by atoms with E-state index in [1.165, 1.54) is 0 Å². The quantitative estimate of drug-likeness (QED) is 0.0625. The van der Waals surface area contributed by atoms with Crippen LogP contribution in [0.5, 0.6) is 11.5 Å². The van der Waals surface area contributed by atoms with Crippen LogP contribution in [0, 0.1) is 12.1 Å². The van der Waals surface area contributed by atoms with E-state index in [2.05, 4.69) is 137 Å². The summed E-state index contributed by atoms with van der Waals surface area (Å²) >= 11 is 0. The van der Waals surface area contributed by atoms with E-state index < -0.39 is 114 Å². The number of benzene rings is 11. The van der Waals surface area contributed by atoms with Gasteiger partial charge in [0.25, 0.3) is 6.33 Å². The van der Waals surface area contributed by atoms with Crippen molar-refractivity contribution in [2.24, 2.45) is 0 Å². The van der Waals surface area contributed by atoms with Crippen molar-refractivity contribution < 1.29 is 50.9 Å². The van der Waals surface area contributed by atoms with Crippen molar-refractivity contribution in [2.45, 2.75) is 78.6 Å². The van der Waals surface area contributed by atoms with Gasteiger partial charge in [-0.1, -0.05) is 268 Å². The van der Waals surface area contributed by atoms with E-state index in [-0.39, 0.29) is 42.5 Å². The molecule has 0 unspecified atom stereocenters. The van der Waals surface area contributed by atoms with Crippen molar-refractivity contribution in [3.05, 3.63) is 296 Å². The fourth-order valence-corrected chi connectivity index (χ4v) is 16.7. The topological polar surface area (TPSA) is 35.9 Å². The van der Waals surface area contributed by atoms with Gasteiger partial charge < -0.3 is 9.30 Å². The van der Waals surface area contributed by atoms with Gasteiger partial charge in [0.2, 0.25) is 0 Å². The van der Waals surface area contributed by atoms with Gasteiger partial charge in [0, 0.05) is 66.7 Å². The molecule has 0 N–H and O–H groups in total. The second kappa shape index (κ2) is 22.8. The molecule has 15 rings (SSSR count). The molecular formula is C84H71N4OPtSi-. The van der Waals surface area contributed by atoms with E-state index in [1.807, 2.05) is 110 Å². The first-order valence-electron chi connectivity index (χ1n) is 37.7. The minimum absolute atomic E-state index is 0. The Morgan fingerprint density at radius 3 is 1.66 bits per heavy atom. The molecule has 4 heterocycles. The predicted molar refractivity (Wildman–Crippen MR) is 376 cm³/mol. The van der Waals surface area contributed by atoms with Crippen molar-refractivity contribution in [3.63, 3.8) is 0 Å².